The highest BCUT2D eigenvalue weighted by atomic mass is 16.5. The van der Waals surface area contributed by atoms with Crippen LogP contribution < -0.4 is 10.1 Å². The Morgan fingerprint density at radius 3 is 2.86 bits per heavy atom. The van der Waals surface area contributed by atoms with Crippen molar-refractivity contribution in [2.24, 2.45) is 5.92 Å². The van der Waals surface area contributed by atoms with E-state index in [9.17, 15) is 9.90 Å². The third-order valence-corrected chi connectivity index (χ3v) is 4.33. The second-order valence-electron chi connectivity index (χ2n) is 5.88. The van der Waals surface area contributed by atoms with E-state index in [1.54, 1.807) is 7.11 Å². The van der Waals surface area contributed by atoms with Gasteiger partial charge < -0.3 is 15.2 Å². The third-order valence-electron chi connectivity index (χ3n) is 4.33. The van der Waals surface area contributed by atoms with Gasteiger partial charge in [-0.2, -0.15) is 0 Å². The van der Waals surface area contributed by atoms with Crippen molar-refractivity contribution < 1.29 is 14.6 Å². The molecule has 21 heavy (non-hydrogen) atoms. The van der Waals surface area contributed by atoms with Crippen LogP contribution >= 0.6 is 0 Å². The van der Waals surface area contributed by atoms with E-state index >= 15 is 0 Å². The molecular weight excluding hydrogens is 266 g/mol. The first-order chi connectivity index (χ1) is 10.1. The molecule has 116 valence electrons. The summed E-state index contributed by atoms with van der Waals surface area (Å²) in [6.45, 7) is 2.14. The molecule has 0 spiro atoms. The van der Waals surface area contributed by atoms with Gasteiger partial charge in [-0.25, -0.2) is 0 Å². The molecule has 4 heteroatoms. The molecule has 0 radical (unpaired) electrons. The van der Waals surface area contributed by atoms with E-state index in [0.717, 1.165) is 42.6 Å². The van der Waals surface area contributed by atoms with Crippen molar-refractivity contribution in [3.63, 3.8) is 0 Å². The van der Waals surface area contributed by atoms with Gasteiger partial charge in [-0.05, 0) is 37.0 Å². The average molecular weight is 291 g/mol. The monoisotopic (exact) mass is 291 g/mol. The van der Waals surface area contributed by atoms with Crippen LogP contribution in [0.4, 0.5) is 0 Å². The van der Waals surface area contributed by atoms with Crippen LogP contribution in [-0.2, 0) is 11.2 Å². The predicted octanol–water partition coefficient (Wildman–Crippen LogP) is 2.21. The van der Waals surface area contributed by atoms with Crippen LogP contribution in [0, 0.1) is 12.8 Å². The molecule has 0 bridgehead atoms. The summed E-state index contributed by atoms with van der Waals surface area (Å²) < 4.78 is 5.29. The quantitative estimate of drug-likeness (QED) is 0.874. The lowest BCUT2D eigenvalue weighted by Gasteiger charge is -2.30. The van der Waals surface area contributed by atoms with E-state index < -0.39 is 0 Å². The molecule has 1 fully saturated rings. The number of amides is 1. The largest absolute Gasteiger partial charge is 0.496 e. The van der Waals surface area contributed by atoms with Crippen molar-refractivity contribution in [1.82, 2.24) is 5.32 Å². The summed E-state index contributed by atoms with van der Waals surface area (Å²) >= 11 is 0. The summed E-state index contributed by atoms with van der Waals surface area (Å²) in [6.07, 6.45) is 4.59. The highest BCUT2D eigenvalue weighted by Crippen LogP contribution is 2.24. The fourth-order valence-electron chi connectivity index (χ4n) is 3.03. The second-order valence-corrected chi connectivity index (χ2v) is 5.88. The van der Waals surface area contributed by atoms with Crippen molar-refractivity contribution in [3.8, 4) is 5.75 Å². The molecule has 2 N–H and O–H groups in total. The summed E-state index contributed by atoms with van der Waals surface area (Å²) in [7, 11) is 1.64. The Hall–Kier alpha value is -1.55. The minimum absolute atomic E-state index is 0.0197. The molecule has 1 saturated carbocycles. The van der Waals surface area contributed by atoms with Crippen molar-refractivity contribution in [2.45, 2.75) is 45.1 Å². The molecule has 1 aliphatic rings. The van der Waals surface area contributed by atoms with E-state index in [-0.39, 0.29) is 24.5 Å². The molecule has 1 aliphatic carbocycles. The van der Waals surface area contributed by atoms with E-state index in [0.29, 0.717) is 6.42 Å². The van der Waals surface area contributed by atoms with Gasteiger partial charge in [0.15, 0.2) is 0 Å². The molecule has 0 aromatic heterocycles. The summed E-state index contributed by atoms with van der Waals surface area (Å²) in [5, 5.41) is 12.5. The van der Waals surface area contributed by atoms with Crippen LogP contribution in [0.2, 0.25) is 0 Å². The second kappa shape index (κ2) is 7.46. The van der Waals surface area contributed by atoms with Crippen LogP contribution in [0.3, 0.4) is 0 Å². The van der Waals surface area contributed by atoms with E-state index in [1.165, 1.54) is 0 Å². The number of ether oxygens (including phenoxy) is 1. The number of rotatable bonds is 5. The van der Waals surface area contributed by atoms with Gasteiger partial charge in [0, 0.05) is 18.6 Å². The van der Waals surface area contributed by atoms with Gasteiger partial charge in [-0.1, -0.05) is 25.0 Å². The highest BCUT2D eigenvalue weighted by Gasteiger charge is 2.25. The lowest BCUT2D eigenvalue weighted by Crippen LogP contribution is -2.44. The minimum atomic E-state index is 0.0197. The molecule has 1 aromatic rings. The molecule has 1 amide bonds. The fourth-order valence-corrected chi connectivity index (χ4v) is 3.03. The first kappa shape index (κ1) is 15.8. The topological polar surface area (TPSA) is 58.6 Å². The van der Waals surface area contributed by atoms with Crippen LogP contribution in [0.25, 0.3) is 0 Å². The Morgan fingerprint density at radius 2 is 2.14 bits per heavy atom. The van der Waals surface area contributed by atoms with Gasteiger partial charge in [0.1, 0.15) is 5.75 Å². The number of benzene rings is 1. The standard InChI is InChI=1S/C17H25NO3/c1-12-7-8-13(9-16(12)21-2)10-17(20)18-15-6-4-3-5-14(15)11-19/h7-9,14-15,19H,3-6,10-11H2,1-2H3,(H,18,20). The van der Waals surface area contributed by atoms with Crippen molar-refractivity contribution in [3.05, 3.63) is 29.3 Å². The Labute approximate surface area is 126 Å². The van der Waals surface area contributed by atoms with Gasteiger partial charge in [0.25, 0.3) is 0 Å². The van der Waals surface area contributed by atoms with Crippen LogP contribution in [-0.4, -0.2) is 30.8 Å². The van der Waals surface area contributed by atoms with Crippen LogP contribution in [0.1, 0.15) is 36.8 Å². The lowest BCUT2D eigenvalue weighted by molar-refractivity contribution is -0.121. The number of aliphatic hydroxyl groups is 1. The summed E-state index contributed by atoms with van der Waals surface area (Å²) in [5.41, 5.74) is 2.01. The van der Waals surface area contributed by atoms with Gasteiger partial charge in [-0.3, -0.25) is 4.79 Å². The minimum Gasteiger partial charge on any atom is -0.496 e. The van der Waals surface area contributed by atoms with E-state index in [2.05, 4.69) is 5.32 Å². The van der Waals surface area contributed by atoms with Crippen molar-refractivity contribution >= 4 is 5.91 Å². The Bertz CT molecular complexity index is 487. The molecule has 2 rings (SSSR count). The normalized spacial score (nSPS) is 21.9. The zero-order chi connectivity index (χ0) is 15.2. The predicted molar refractivity (Wildman–Crippen MR) is 82.4 cm³/mol. The number of methoxy groups -OCH3 is 1. The van der Waals surface area contributed by atoms with Gasteiger partial charge in [0.2, 0.25) is 5.91 Å². The zero-order valence-electron chi connectivity index (χ0n) is 12.9. The third kappa shape index (κ3) is 4.21. The number of hydrogen-bond donors (Lipinski definition) is 2. The molecule has 2 unspecified atom stereocenters. The number of carbonyl (C=O) groups is 1. The molecular formula is C17H25NO3. The summed E-state index contributed by atoms with van der Waals surface area (Å²) in [6, 6.07) is 5.96. The number of hydrogen-bond acceptors (Lipinski definition) is 3. The fraction of sp³-hybridized carbons (Fsp3) is 0.588. The molecule has 0 aliphatic heterocycles. The Balaban J connectivity index is 1.94. The van der Waals surface area contributed by atoms with Gasteiger partial charge in [-0.15, -0.1) is 0 Å². The van der Waals surface area contributed by atoms with Crippen LogP contribution in [0.5, 0.6) is 5.75 Å². The van der Waals surface area contributed by atoms with E-state index in [4.69, 9.17) is 4.74 Å². The number of aliphatic hydroxyl groups excluding tert-OH is 1. The lowest BCUT2D eigenvalue weighted by atomic mass is 9.85. The van der Waals surface area contributed by atoms with Gasteiger partial charge in [0.05, 0.1) is 13.5 Å². The maximum Gasteiger partial charge on any atom is 0.224 e. The molecule has 0 heterocycles. The highest BCUT2D eigenvalue weighted by molar-refractivity contribution is 5.79. The average Bonchev–Trinajstić information content (AvgIpc) is 2.49. The molecule has 4 nitrogen and oxygen atoms in total. The first-order valence-electron chi connectivity index (χ1n) is 7.67. The summed E-state index contributed by atoms with van der Waals surface area (Å²) in [4.78, 5) is 12.2. The Morgan fingerprint density at radius 1 is 1.38 bits per heavy atom. The zero-order valence-corrected chi connectivity index (χ0v) is 12.9. The number of nitrogens with one attached hydrogen (secondary N) is 1. The smallest absolute Gasteiger partial charge is 0.224 e. The number of carbonyl (C=O) groups excluding carboxylic acids is 1. The van der Waals surface area contributed by atoms with Crippen molar-refractivity contribution in [1.29, 1.82) is 0 Å². The molecule has 1 aromatic carbocycles. The maximum atomic E-state index is 12.2. The molecule has 0 saturated heterocycles. The van der Waals surface area contributed by atoms with Crippen molar-refractivity contribution in [2.75, 3.05) is 13.7 Å². The first-order valence-corrected chi connectivity index (χ1v) is 7.67. The maximum absolute atomic E-state index is 12.2. The number of aryl methyl sites for hydroxylation is 1. The summed E-state index contributed by atoms with van der Waals surface area (Å²) in [5.74, 6) is 1.03. The van der Waals surface area contributed by atoms with Gasteiger partial charge >= 0.3 is 0 Å². The molecule has 2 atom stereocenters. The van der Waals surface area contributed by atoms with Crippen LogP contribution in [0.15, 0.2) is 18.2 Å². The Kier molecular flexibility index (Phi) is 5.62. The van der Waals surface area contributed by atoms with E-state index in [1.807, 2.05) is 25.1 Å². The SMILES string of the molecule is COc1cc(CC(=O)NC2CCCCC2CO)ccc1C.